The number of fused-ring (bicyclic) bond motifs is 3. The van der Waals surface area contributed by atoms with Crippen LogP contribution in [0.15, 0.2) is 72.4 Å². The monoisotopic (exact) mass is 527 g/mol. The van der Waals surface area contributed by atoms with Gasteiger partial charge >= 0.3 is 0 Å². The van der Waals surface area contributed by atoms with Gasteiger partial charge in [-0.05, 0) is 62.8 Å². The molecule has 40 heavy (non-hydrogen) atoms. The standard InChI is InChI=1S/C34H33N5O/c1-5-6-28-30-16-15-29-31(24-9-7-21(2)8-10-24)38-39(33(29)34(30,4)18-26(19-35)32(28)40)27-13-11-23(12-14-27)25-17-22(3)37-36-20-25/h7-14,17-18,20,28,30H,5-6,15-16H2,1-4H3/t28-,30-,34-/m1/s1. The Kier molecular flexibility index (Phi) is 6.46. The lowest BCUT2D eigenvalue weighted by atomic mass is 9.56. The van der Waals surface area contributed by atoms with Crippen LogP contribution in [0.4, 0.5) is 0 Å². The number of carbonyl (C=O) groups excluding carboxylic acids is 1. The minimum atomic E-state index is -0.493. The fourth-order valence-electron chi connectivity index (χ4n) is 6.85. The number of allylic oxidation sites excluding steroid dienone is 2. The molecule has 6 nitrogen and oxygen atoms in total. The van der Waals surface area contributed by atoms with Crippen LogP contribution in [0.1, 0.15) is 55.6 Å². The van der Waals surface area contributed by atoms with Crippen LogP contribution in [0.25, 0.3) is 28.1 Å². The van der Waals surface area contributed by atoms with E-state index in [-0.39, 0.29) is 23.2 Å². The van der Waals surface area contributed by atoms with Gasteiger partial charge in [0.05, 0.1) is 34.5 Å². The van der Waals surface area contributed by atoms with Crippen molar-refractivity contribution in [2.24, 2.45) is 11.8 Å². The summed E-state index contributed by atoms with van der Waals surface area (Å²) in [7, 11) is 0. The lowest BCUT2D eigenvalue weighted by molar-refractivity contribution is -0.122. The first-order chi connectivity index (χ1) is 19.3. The third-order valence-corrected chi connectivity index (χ3v) is 8.77. The lowest BCUT2D eigenvalue weighted by Crippen LogP contribution is -2.47. The number of Topliss-reactive ketones (excluding diaryl/α,β-unsaturated/α-hetero) is 1. The van der Waals surface area contributed by atoms with Gasteiger partial charge in [-0.25, -0.2) is 4.68 Å². The van der Waals surface area contributed by atoms with Gasteiger partial charge in [0.1, 0.15) is 6.07 Å². The van der Waals surface area contributed by atoms with Crippen molar-refractivity contribution >= 4 is 5.78 Å². The van der Waals surface area contributed by atoms with E-state index in [1.165, 1.54) is 11.1 Å². The Hall–Kier alpha value is -4.37. The molecule has 2 aromatic carbocycles. The van der Waals surface area contributed by atoms with Gasteiger partial charge in [0.2, 0.25) is 0 Å². The second kappa shape index (κ2) is 9.98. The van der Waals surface area contributed by atoms with Gasteiger partial charge in [0.15, 0.2) is 5.78 Å². The number of benzene rings is 2. The zero-order chi connectivity index (χ0) is 28.0. The van der Waals surface area contributed by atoms with Crippen LogP contribution in [-0.2, 0) is 16.6 Å². The number of aryl methyl sites for hydroxylation is 2. The Morgan fingerprint density at radius 3 is 2.45 bits per heavy atom. The van der Waals surface area contributed by atoms with Crippen molar-refractivity contribution < 1.29 is 4.79 Å². The molecule has 0 bridgehead atoms. The van der Waals surface area contributed by atoms with Gasteiger partial charge in [-0.15, -0.1) is 0 Å². The summed E-state index contributed by atoms with van der Waals surface area (Å²) in [5.74, 6) is -0.0273. The predicted octanol–water partition coefficient (Wildman–Crippen LogP) is 6.88. The molecule has 0 N–H and O–H groups in total. The zero-order valence-corrected chi connectivity index (χ0v) is 23.5. The summed E-state index contributed by atoms with van der Waals surface area (Å²) < 4.78 is 2.07. The van der Waals surface area contributed by atoms with Crippen molar-refractivity contribution in [1.29, 1.82) is 5.26 Å². The highest BCUT2D eigenvalue weighted by molar-refractivity contribution is 6.02. The van der Waals surface area contributed by atoms with Gasteiger partial charge in [-0.1, -0.05) is 68.3 Å². The van der Waals surface area contributed by atoms with Crippen molar-refractivity contribution in [1.82, 2.24) is 20.0 Å². The molecule has 0 unspecified atom stereocenters. The number of rotatable bonds is 5. The topological polar surface area (TPSA) is 84.5 Å². The normalized spacial score (nSPS) is 21.8. The minimum Gasteiger partial charge on any atom is -0.293 e. The van der Waals surface area contributed by atoms with Gasteiger partial charge in [0.25, 0.3) is 0 Å². The van der Waals surface area contributed by atoms with Crippen molar-refractivity contribution in [2.75, 3.05) is 0 Å². The van der Waals surface area contributed by atoms with Crippen LogP contribution in [0.5, 0.6) is 0 Å². The van der Waals surface area contributed by atoms with E-state index in [1.54, 1.807) is 6.20 Å². The van der Waals surface area contributed by atoms with E-state index in [2.05, 4.69) is 90.3 Å². The van der Waals surface area contributed by atoms with Gasteiger partial charge in [-0.3, -0.25) is 4.79 Å². The van der Waals surface area contributed by atoms with Gasteiger partial charge < -0.3 is 0 Å². The van der Waals surface area contributed by atoms with E-state index < -0.39 is 5.41 Å². The summed E-state index contributed by atoms with van der Waals surface area (Å²) in [5.41, 5.74) is 9.25. The summed E-state index contributed by atoms with van der Waals surface area (Å²) in [4.78, 5) is 13.3. The average Bonchev–Trinajstić information content (AvgIpc) is 3.36. The number of carbonyl (C=O) groups is 1. The molecule has 0 radical (unpaired) electrons. The van der Waals surface area contributed by atoms with E-state index in [9.17, 15) is 10.1 Å². The van der Waals surface area contributed by atoms with Crippen molar-refractivity contribution in [3.05, 3.63) is 95.0 Å². The maximum Gasteiger partial charge on any atom is 0.176 e. The maximum absolute atomic E-state index is 13.3. The predicted molar refractivity (Wildman–Crippen MR) is 156 cm³/mol. The molecule has 3 atom stereocenters. The smallest absolute Gasteiger partial charge is 0.176 e. The Bertz CT molecular complexity index is 1670. The maximum atomic E-state index is 13.3. The summed E-state index contributed by atoms with van der Waals surface area (Å²) in [5, 5.41) is 23.4. The quantitative estimate of drug-likeness (QED) is 0.282. The Morgan fingerprint density at radius 1 is 1.05 bits per heavy atom. The Morgan fingerprint density at radius 2 is 1.77 bits per heavy atom. The molecule has 0 saturated heterocycles. The molecule has 4 aromatic rings. The number of nitrogens with zero attached hydrogens (tertiary/aromatic N) is 5. The van der Waals surface area contributed by atoms with Crippen molar-refractivity contribution in [3.8, 4) is 34.1 Å². The highest BCUT2D eigenvalue weighted by Crippen LogP contribution is 2.53. The van der Waals surface area contributed by atoms with Crippen LogP contribution in [-0.4, -0.2) is 25.8 Å². The molecular weight excluding hydrogens is 494 g/mol. The average molecular weight is 528 g/mol. The molecule has 2 aliphatic rings. The first-order valence-corrected chi connectivity index (χ1v) is 14.1. The van der Waals surface area contributed by atoms with E-state index in [1.807, 2.05) is 19.1 Å². The summed E-state index contributed by atoms with van der Waals surface area (Å²) in [6.07, 6.45) is 7.17. The first-order valence-electron chi connectivity index (χ1n) is 14.1. The molecule has 2 aliphatic carbocycles. The van der Waals surface area contributed by atoms with Crippen molar-refractivity contribution in [3.63, 3.8) is 0 Å². The number of ketones is 1. The molecule has 0 saturated carbocycles. The molecule has 0 amide bonds. The first kappa shape index (κ1) is 25.9. The highest BCUT2D eigenvalue weighted by Gasteiger charge is 2.51. The molecule has 0 fully saturated rings. The van der Waals surface area contributed by atoms with Gasteiger partial charge in [0, 0.05) is 28.0 Å². The zero-order valence-electron chi connectivity index (χ0n) is 23.5. The largest absolute Gasteiger partial charge is 0.293 e. The molecule has 2 heterocycles. The van der Waals surface area contributed by atoms with E-state index >= 15 is 0 Å². The molecule has 2 aromatic heterocycles. The molecular formula is C34H33N5O. The fourth-order valence-corrected chi connectivity index (χ4v) is 6.85. The third-order valence-electron chi connectivity index (χ3n) is 8.77. The third kappa shape index (κ3) is 4.17. The molecule has 200 valence electrons. The fraction of sp³-hybridized carbons (Fsp3) is 0.324. The summed E-state index contributed by atoms with van der Waals surface area (Å²) in [6.45, 7) is 8.35. The molecule has 6 heteroatoms. The van der Waals surface area contributed by atoms with Crippen LogP contribution in [0, 0.1) is 37.0 Å². The van der Waals surface area contributed by atoms with Crippen LogP contribution in [0.3, 0.4) is 0 Å². The van der Waals surface area contributed by atoms with E-state index in [4.69, 9.17) is 5.10 Å². The number of hydrogen-bond acceptors (Lipinski definition) is 5. The second-order valence-electron chi connectivity index (χ2n) is 11.4. The lowest BCUT2D eigenvalue weighted by Gasteiger charge is -2.46. The summed E-state index contributed by atoms with van der Waals surface area (Å²) in [6, 6.07) is 21.2. The Labute approximate surface area is 235 Å². The number of aromatic nitrogens is 4. The molecule has 0 spiro atoms. The van der Waals surface area contributed by atoms with Crippen LogP contribution >= 0.6 is 0 Å². The van der Waals surface area contributed by atoms with Crippen LogP contribution in [0.2, 0.25) is 0 Å². The van der Waals surface area contributed by atoms with E-state index in [0.717, 1.165) is 65.1 Å². The second-order valence-corrected chi connectivity index (χ2v) is 11.4. The van der Waals surface area contributed by atoms with Crippen LogP contribution < -0.4 is 0 Å². The molecule has 0 aliphatic heterocycles. The molecule has 6 rings (SSSR count). The summed E-state index contributed by atoms with van der Waals surface area (Å²) >= 11 is 0. The Balaban J connectivity index is 1.56. The SMILES string of the molecule is CCC[C@H]1C(=O)C(C#N)=C[C@@]2(C)c3c(c(-c4ccc(C)cc4)nn3-c3ccc(-c4cnnc(C)c4)cc3)CC[C@H]12. The minimum absolute atomic E-state index is 0.00528. The number of hydrogen-bond donors (Lipinski definition) is 0. The number of nitriles is 1. The van der Waals surface area contributed by atoms with Crippen molar-refractivity contribution in [2.45, 2.75) is 58.8 Å². The van der Waals surface area contributed by atoms with E-state index in [0.29, 0.717) is 0 Å². The van der Waals surface area contributed by atoms with Gasteiger partial charge in [-0.2, -0.15) is 20.6 Å². The highest BCUT2D eigenvalue weighted by atomic mass is 16.1.